The minimum Gasteiger partial charge on any atom is -0.453 e. The third kappa shape index (κ3) is 8.05. The minimum absolute atomic E-state index is 0.0877. The van der Waals surface area contributed by atoms with Crippen LogP contribution in [-0.4, -0.2) is 92.6 Å². The van der Waals surface area contributed by atoms with E-state index < -0.39 is 24.3 Å². The molecule has 14 nitrogen and oxygen atoms in total. The zero-order valence-electron chi connectivity index (χ0n) is 37.2. The maximum absolute atomic E-state index is 14.1. The van der Waals surface area contributed by atoms with E-state index >= 15 is 0 Å². The molecule has 0 radical (unpaired) electrons. The molecule has 3 aliphatic rings. The van der Waals surface area contributed by atoms with Crippen molar-refractivity contribution >= 4 is 45.8 Å². The number of nitrogens with one attached hydrogen (secondary N) is 4. The van der Waals surface area contributed by atoms with E-state index in [0.717, 1.165) is 99.1 Å². The van der Waals surface area contributed by atoms with Gasteiger partial charge in [0.25, 0.3) is 0 Å². The number of amides is 4. The molecule has 2 bridgehead atoms. The van der Waals surface area contributed by atoms with Gasteiger partial charge < -0.3 is 39.9 Å². The molecule has 2 aromatic heterocycles. The van der Waals surface area contributed by atoms with Gasteiger partial charge in [0.2, 0.25) is 11.8 Å². The van der Waals surface area contributed by atoms with Crippen molar-refractivity contribution in [1.29, 1.82) is 0 Å². The number of imidazole rings is 2. The molecule has 4 amide bonds. The number of ether oxygens (including phenoxy) is 2. The first-order valence-electron chi connectivity index (χ1n) is 22.4. The normalized spacial score (nSPS) is 20.3. The van der Waals surface area contributed by atoms with E-state index in [1.165, 1.54) is 14.2 Å². The van der Waals surface area contributed by atoms with Crippen molar-refractivity contribution in [2.45, 2.75) is 90.0 Å². The average molecular weight is 865 g/mol. The molecule has 332 valence electrons. The number of benzene rings is 4. The van der Waals surface area contributed by atoms with Crippen LogP contribution in [0.3, 0.4) is 0 Å². The van der Waals surface area contributed by atoms with Crippen LogP contribution in [0.2, 0.25) is 0 Å². The maximum Gasteiger partial charge on any atom is 0.407 e. The number of alkyl carbamates (subject to hydrolysis) is 2. The Labute approximate surface area is 372 Å². The Bertz CT molecular complexity index is 2720. The summed E-state index contributed by atoms with van der Waals surface area (Å²) in [5.41, 5.74) is 8.00. The fraction of sp³-hybridized carbons (Fsp3) is 0.400. The van der Waals surface area contributed by atoms with E-state index in [1.807, 2.05) is 49.8 Å². The molecule has 64 heavy (non-hydrogen) atoms. The van der Waals surface area contributed by atoms with Gasteiger partial charge in [-0.05, 0) is 113 Å². The first kappa shape index (κ1) is 42.6. The molecule has 6 atom stereocenters. The highest BCUT2D eigenvalue weighted by Gasteiger charge is 2.51. The predicted molar refractivity (Wildman–Crippen MR) is 245 cm³/mol. The summed E-state index contributed by atoms with van der Waals surface area (Å²) in [5, 5.41) is 7.74. The summed E-state index contributed by atoms with van der Waals surface area (Å²) in [6.45, 7) is 8.28. The molecule has 0 unspecified atom stereocenters. The molecule has 2 saturated heterocycles. The largest absolute Gasteiger partial charge is 0.453 e. The third-order valence-electron chi connectivity index (χ3n) is 13.6. The topological polar surface area (TPSA) is 175 Å². The Balaban J connectivity index is 0.894. The van der Waals surface area contributed by atoms with Crippen LogP contribution in [0.1, 0.15) is 83.5 Å². The molecule has 1 saturated carbocycles. The monoisotopic (exact) mass is 864 g/mol. The summed E-state index contributed by atoms with van der Waals surface area (Å²) >= 11 is 0. The van der Waals surface area contributed by atoms with Crippen molar-refractivity contribution < 1.29 is 28.7 Å². The first-order chi connectivity index (χ1) is 30.9. The fourth-order valence-electron chi connectivity index (χ4n) is 10.2. The van der Waals surface area contributed by atoms with Crippen molar-refractivity contribution in [2.75, 3.05) is 20.8 Å². The Morgan fingerprint density at radius 2 is 1.28 bits per heavy atom. The second-order valence-corrected chi connectivity index (χ2v) is 18.2. The number of rotatable bonds is 11. The molecule has 4 heterocycles. The van der Waals surface area contributed by atoms with Gasteiger partial charge in [0.05, 0.1) is 49.2 Å². The maximum atomic E-state index is 14.1. The number of carbonyl (C=O) groups is 4. The van der Waals surface area contributed by atoms with Crippen LogP contribution in [-0.2, 0) is 19.1 Å². The second-order valence-electron chi connectivity index (χ2n) is 18.2. The van der Waals surface area contributed by atoms with E-state index in [1.54, 1.807) is 0 Å². The van der Waals surface area contributed by atoms with E-state index in [9.17, 15) is 19.2 Å². The Morgan fingerprint density at radius 3 is 1.94 bits per heavy atom. The van der Waals surface area contributed by atoms with Gasteiger partial charge in [0, 0.05) is 12.6 Å². The molecule has 0 spiro atoms. The van der Waals surface area contributed by atoms with E-state index in [4.69, 9.17) is 19.4 Å². The fourth-order valence-corrected chi connectivity index (χ4v) is 10.2. The van der Waals surface area contributed by atoms with Crippen LogP contribution < -0.4 is 10.6 Å². The zero-order valence-corrected chi connectivity index (χ0v) is 37.2. The number of fused-ring (bicyclic) bond motifs is 4. The van der Waals surface area contributed by atoms with Crippen LogP contribution >= 0.6 is 0 Å². The minimum atomic E-state index is -0.686. The van der Waals surface area contributed by atoms with Gasteiger partial charge in [0.15, 0.2) is 0 Å². The summed E-state index contributed by atoms with van der Waals surface area (Å²) in [6, 6.07) is 26.1. The van der Waals surface area contributed by atoms with E-state index in [-0.39, 0.29) is 41.8 Å². The zero-order chi connectivity index (χ0) is 44.8. The van der Waals surface area contributed by atoms with Gasteiger partial charge in [0.1, 0.15) is 23.7 Å². The number of H-pyrrole nitrogens is 2. The molecule has 4 N–H and O–H groups in total. The summed E-state index contributed by atoms with van der Waals surface area (Å²) in [5.74, 6) is 1.40. The van der Waals surface area contributed by atoms with Gasteiger partial charge in [-0.15, -0.1) is 0 Å². The number of likely N-dealkylation sites (tertiary alicyclic amines) is 2. The lowest BCUT2D eigenvalue weighted by Crippen LogP contribution is -2.54. The quantitative estimate of drug-likeness (QED) is 0.0999. The highest BCUT2D eigenvalue weighted by molar-refractivity contribution is 5.93. The van der Waals surface area contributed by atoms with Crippen LogP contribution in [0, 0.1) is 17.8 Å². The summed E-state index contributed by atoms with van der Waals surface area (Å²) in [4.78, 5) is 72.4. The molecular weight excluding hydrogens is 809 g/mol. The first-order valence-corrected chi connectivity index (χ1v) is 22.4. The number of carbonyl (C=O) groups excluding carboxylic acids is 4. The number of hydrogen-bond acceptors (Lipinski definition) is 8. The summed E-state index contributed by atoms with van der Waals surface area (Å²) in [6.07, 6.45) is 5.16. The smallest absolute Gasteiger partial charge is 0.407 e. The lowest BCUT2D eigenvalue weighted by Gasteiger charge is -2.37. The molecule has 9 rings (SSSR count). The van der Waals surface area contributed by atoms with Crippen LogP contribution in [0.15, 0.2) is 85.1 Å². The standard InChI is InChI=1S/C50H56N8O6/c1-27(2)42(55-49(61)63-5)47(59)57-21-7-8-41(57)45-51-26-40(54-45)30-11-9-29(10-12-30)31-13-14-33-23-34(16-15-32(33)22-31)35-18-20-38-39(25-35)53-46(52-38)44-36-17-19-37(24-36)58(44)48(60)43(28(3)4)56-50(62)64-6/h9-16,18,20,22-23,25-28,36-37,41-44H,7-8,17,19,21,24H2,1-6H3,(H,51,54)(H,52,53)(H,55,61)(H,56,62)/t36-,37-,41+,42+,43+,44+/m1/s1. The van der Waals surface area contributed by atoms with Gasteiger partial charge in [-0.2, -0.15) is 0 Å². The Kier molecular flexibility index (Phi) is 11.6. The summed E-state index contributed by atoms with van der Waals surface area (Å²) in [7, 11) is 2.61. The average Bonchev–Trinajstić information content (AvgIpc) is 4.17. The van der Waals surface area contributed by atoms with Crippen LogP contribution in [0.25, 0.3) is 55.3 Å². The molecule has 3 fully saturated rings. The highest BCUT2D eigenvalue weighted by Crippen LogP contribution is 2.50. The van der Waals surface area contributed by atoms with Crippen molar-refractivity contribution in [3.05, 3.63) is 96.7 Å². The predicted octanol–water partition coefficient (Wildman–Crippen LogP) is 8.92. The lowest BCUT2D eigenvalue weighted by molar-refractivity contribution is -0.139. The number of nitrogens with zero attached hydrogens (tertiary/aromatic N) is 4. The van der Waals surface area contributed by atoms with Gasteiger partial charge >= 0.3 is 12.2 Å². The lowest BCUT2D eigenvalue weighted by atomic mass is 9.95. The third-order valence-corrected chi connectivity index (χ3v) is 13.6. The Morgan fingerprint density at radius 1 is 0.688 bits per heavy atom. The molecule has 1 aliphatic carbocycles. The molecule has 14 heteroatoms. The van der Waals surface area contributed by atoms with Crippen LogP contribution in [0.5, 0.6) is 0 Å². The van der Waals surface area contributed by atoms with Crippen molar-refractivity contribution in [3.63, 3.8) is 0 Å². The van der Waals surface area contributed by atoms with Gasteiger partial charge in [-0.25, -0.2) is 19.6 Å². The van der Waals surface area contributed by atoms with Crippen molar-refractivity contribution in [3.8, 4) is 33.5 Å². The van der Waals surface area contributed by atoms with E-state index in [2.05, 4.69) is 93.4 Å². The summed E-state index contributed by atoms with van der Waals surface area (Å²) < 4.78 is 9.62. The Hall–Kier alpha value is -6.70. The SMILES string of the molecule is COC(=O)N[C@H](C(=O)N1CCC[C@H]1c1ncc(-c2ccc(-c3ccc4cc(-c5ccc6nc([C@@H]7[C@@H]8CC[C@H](C8)N7C(=O)[C@@H](NC(=O)OC)C(C)C)[nH]c6c5)ccc4c3)cc2)[nH]1)C(C)C. The number of hydrogen-bond donors (Lipinski definition) is 4. The second kappa shape index (κ2) is 17.5. The molecule has 2 aliphatic heterocycles. The highest BCUT2D eigenvalue weighted by atomic mass is 16.5. The molecular formula is C50H56N8O6. The number of aromatic amines is 2. The van der Waals surface area contributed by atoms with E-state index in [0.29, 0.717) is 12.5 Å². The molecule has 6 aromatic rings. The van der Waals surface area contributed by atoms with Gasteiger partial charge in [-0.3, -0.25) is 9.59 Å². The van der Waals surface area contributed by atoms with Crippen LogP contribution in [0.4, 0.5) is 9.59 Å². The number of aromatic nitrogens is 4. The van der Waals surface area contributed by atoms with Crippen molar-refractivity contribution in [1.82, 2.24) is 40.4 Å². The number of piperidine rings is 1. The van der Waals surface area contributed by atoms with Crippen molar-refractivity contribution in [2.24, 2.45) is 17.8 Å². The van der Waals surface area contributed by atoms with Gasteiger partial charge in [-0.1, -0.05) is 82.3 Å². The number of methoxy groups -OCH3 is 2. The molecule has 4 aromatic carbocycles.